The molecule has 3 atom stereocenters. The minimum absolute atomic E-state index is 0.595. The topological polar surface area (TPSA) is 71.3 Å². The lowest BCUT2D eigenvalue weighted by Crippen LogP contribution is -2.29. The van der Waals surface area contributed by atoms with Crippen LogP contribution in [0.25, 0.3) is 0 Å². The largest absolute Gasteiger partial charge is 0.381 e. The molecular weight excluding hydrogens is 348 g/mol. The lowest BCUT2D eigenvalue weighted by atomic mass is 10.0. The standard InChI is InChI=1S/C19H28N4O2S/c1-2-23-11-15(10-21-23)22-19(24)14-7-18(26-12-14)16-8-17(16)20-9-13-3-5-25-6-4-13/h7,10-13,16-17,19-20,22,24H,2-6,8-9H2,1H3/t16-,17-,19?/m1/s1. The molecule has 4 rings (SSSR count). The number of aryl methyl sites for hydroxylation is 1. The van der Waals surface area contributed by atoms with Crippen molar-refractivity contribution in [3.63, 3.8) is 0 Å². The van der Waals surface area contributed by atoms with Gasteiger partial charge in [-0.1, -0.05) is 0 Å². The summed E-state index contributed by atoms with van der Waals surface area (Å²) in [4.78, 5) is 1.37. The third-order valence-electron chi connectivity index (χ3n) is 5.38. The Morgan fingerprint density at radius 2 is 2.27 bits per heavy atom. The molecule has 6 nitrogen and oxygen atoms in total. The molecule has 1 saturated carbocycles. The van der Waals surface area contributed by atoms with Crippen LogP contribution in [0, 0.1) is 5.92 Å². The van der Waals surface area contributed by atoms with Crippen molar-refractivity contribution in [2.45, 2.75) is 50.9 Å². The van der Waals surface area contributed by atoms with Crippen molar-refractivity contribution in [2.75, 3.05) is 25.1 Å². The second-order valence-electron chi connectivity index (χ2n) is 7.33. The van der Waals surface area contributed by atoms with Crippen LogP contribution in [0.3, 0.4) is 0 Å². The maximum atomic E-state index is 10.4. The summed E-state index contributed by atoms with van der Waals surface area (Å²) in [6.07, 6.45) is 6.53. The first-order valence-electron chi connectivity index (χ1n) is 9.59. The Labute approximate surface area is 158 Å². The van der Waals surface area contributed by atoms with Gasteiger partial charge >= 0.3 is 0 Å². The number of anilines is 1. The molecule has 0 bridgehead atoms. The van der Waals surface area contributed by atoms with Crippen LogP contribution in [0.15, 0.2) is 23.8 Å². The molecule has 1 saturated heterocycles. The van der Waals surface area contributed by atoms with E-state index in [0.717, 1.165) is 43.5 Å². The highest BCUT2D eigenvalue weighted by atomic mass is 32.1. The highest BCUT2D eigenvalue weighted by Crippen LogP contribution is 2.44. The Morgan fingerprint density at radius 3 is 3.04 bits per heavy atom. The van der Waals surface area contributed by atoms with E-state index in [1.807, 2.05) is 17.8 Å². The second-order valence-corrected chi connectivity index (χ2v) is 8.27. The van der Waals surface area contributed by atoms with Crippen molar-refractivity contribution in [1.82, 2.24) is 15.1 Å². The fourth-order valence-electron chi connectivity index (χ4n) is 3.56. The number of aliphatic hydroxyl groups is 1. The van der Waals surface area contributed by atoms with E-state index in [1.165, 1.54) is 24.1 Å². The zero-order valence-electron chi connectivity index (χ0n) is 15.2. The van der Waals surface area contributed by atoms with Gasteiger partial charge in [-0.3, -0.25) is 4.68 Å². The van der Waals surface area contributed by atoms with Crippen molar-refractivity contribution in [1.29, 1.82) is 0 Å². The number of rotatable bonds is 8. The molecule has 2 aromatic heterocycles. The molecule has 0 radical (unpaired) electrons. The summed E-state index contributed by atoms with van der Waals surface area (Å²) in [6, 6.07) is 2.74. The number of thiophene rings is 1. The van der Waals surface area contributed by atoms with Crippen LogP contribution >= 0.6 is 11.3 Å². The normalized spacial score (nSPS) is 24.5. The zero-order chi connectivity index (χ0) is 17.9. The Bertz CT molecular complexity index is 710. The zero-order valence-corrected chi connectivity index (χ0v) is 16.0. The third-order valence-corrected chi connectivity index (χ3v) is 6.46. The number of nitrogens with one attached hydrogen (secondary N) is 2. The average molecular weight is 377 g/mol. The van der Waals surface area contributed by atoms with Crippen LogP contribution in [0.4, 0.5) is 5.69 Å². The van der Waals surface area contributed by atoms with Crippen molar-refractivity contribution in [3.8, 4) is 0 Å². The van der Waals surface area contributed by atoms with E-state index in [4.69, 9.17) is 4.74 Å². The highest BCUT2D eigenvalue weighted by molar-refractivity contribution is 7.10. The van der Waals surface area contributed by atoms with Crippen molar-refractivity contribution in [3.05, 3.63) is 34.3 Å². The predicted molar refractivity (Wildman–Crippen MR) is 103 cm³/mol. The molecule has 1 unspecified atom stereocenters. The fourth-order valence-corrected chi connectivity index (χ4v) is 4.67. The minimum atomic E-state index is -0.693. The van der Waals surface area contributed by atoms with Crippen LogP contribution in [0.2, 0.25) is 0 Å². The maximum Gasteiger partial charge on any atom is 0.151 e. The van der Waals surface area contributed by atoms with Gasteiger partial charge in [-0.05, 0) is 50.1 Å². The average Bonchev–Trinajstić information content (AvgIpc) is 3.07. The number of aliphatic hydroxyl groups excluding tert-OH is 1. The number of nitrogens with zero attached hydrogens (tertiary/aromatic N) is 2. The van der Waals surface area contributed by atoms with Gasteiger partial charge in [0.05, 0.1) is 11.9 Å². The van der Waals surface area contributed by atoms with Gasteiger partial charge in [0, 0.05) is 48.4 Å². The van der Waals surface area contributed by atoms with Crippen LogP contribution in [-0.2, 0) is 11.3 Å². The van der Waals surface area contributed by atoms with Crippen molar-refractivity contribution in [2.24, 2.45) is 5.92 Å². The molecule has 2 aliphatic rings. The summed E-state index contributed by atoms with van der Waals surface area (Å²) in [7, 11) is 0. The molecule has 2 aromatic rings. The quantitative estimate of drug-likeness (QED) is 0.618. The molecule has 0 amide bonds. The van der Waals surface area contributed by atoms with Gasteiger partial charge in [0.1, 0.15) is 0 Å². The molecule has 2 fully saturated rings. The molecule has 1 aliphatic heterocycles. The molecular formula is C19H28N4O2S. The first-order valence-corrected chi connectivity index (χ1v) is 10.5. The number of hydrogen-bond donors (Lipinski definition) is 3. The van der Waals surface area contributed by atoms with Gasteiger partial charge in [0.15, 0.2) is 6.23 Å². The Hall–Kier alpha value is -1.41. The van der Waals surface area contributed by atoms with Gasteiger partial charge in [0.25, 0.3) is 0 Å². The molecule has 0 aromatic carbocycles. The Morgan fingerprint density at radius 1 is 1.42 bits per heavy atom. The molecule has 1 aliphatic carbocycles. The van der Waals surface area contributed by atoms with Crippen LogP contribution in [-0.4, -0.2) is 40.7 Å². The first kappa shape index (κ1) is 18.0. The van der Waals surface area contributed by atoms with Crippen LogP contribution in [0.5, 0.6) is 0 Å². The fraction of sp³-hybridized carbons (Fsp3) is 0.632. The maximum absolute atomic E-state index is 10.4. The Kier molecular flexibility index (Phi) is 5.59. The lowest BCUT2D eigenvalue weighted by Gasteiger charge is -2.22. The van der Waals surface area contributed by atoms with Crippen molar-refractivity contribution >= 4 is 17.0 Å². The van der Waals surface area contributed by atoms with E-state index in [0.29, 0.717) is 12.0 Å². The van der Waals surface area contributed by atoms with Crippen LogP contribution < -0.4 is 10.6 Å². The van der Waals surface area contributed by atoms with Gasteiger partial charge < -0.3 is 20.5 Å². The summed E-state index contributed by atoms with van der Waals surface area (Å²) >= 11 is 1.75. The van der Waals surface area contributed by atoms with Crippen LogP contribution in [0.1, 0.15) is 48.8 Å². The van der Waals surface area contributed by atoms with Gasteiger partial charge in [-0.15, -0.1) is 11.3 Å². The summed E-state index contributed by atoms with van der Waals surface area (Å²) < 4.78 is 7.27. The van der Waals surface area contributed by atoms with E-state index in [9.17, 15) is 5.11 Å². The number of hydrogen-bond acceptors (Lipinski definition) is 6. The summed E-state index contributed by atoms with van der Waals surface area (Å²) in [5, 5.41) is 23.6. The summed E-state index contributed by atoms with van der Waals surface area (Å²) in [6.45, 7) is 5.80. The van der Waals surface area contributed by atoms with Gasteiger partial charge in [-0.25, -0.2) is 0 Å². The van der Waals surface area contributed by atoms with E-state index in [-0.39, 0.29) is 0 Å². The summed E-state index contributed by atoms with van der Waals surface area (Å²) in [5.74, 6) is 1.36. The third kappa shape index (κ3) is 4.28. The Balaban J connectivity index is 1.26. The van der Waals surface area contributed by atoms with E-state index >= 15 is 0 Å². The molecule has 142 valence electrons. The van der Waals surface area contributed by atoms with Gasteiger partial charge in [0.2, 0.25) is 0 Å². The van der Waals surface area contributed by atoms with E-state index in [2.05, 4.69) is 27.2 Å². The van der Waals surface area contributed by atoms with E-state index in [1.54, 1.807) is 17.5 Å². The minimum Gasteiger partial charge on any atom is -0.381 e. The molecule has 3 heterocycles. The lowest BCUT2D eigenvalue weighted by molar-refractivity contribution is 0.0662. The predicted octanol–water partition coefficient (Wildman–Crippen LogP) is 2.94. The number of aromatic nitrogens is 2. The molecule has 26 heavy (non-hydrogen) atoms. The van der Waals surface area contributed by atoms with Crippen molar-refractivity contribution < 1.29 is 9.84 Å². The monoisotopic (exact) mass is 376 g/mol. The number of ether oxygens (including phenoxy) is 1. The molecule has 7 heteroatoms. The second kappa shape index (κ2) is 8.08. The smallest absolute Gasteiger partial charge is 0.151 e. The SMILES string of the molecule is CCn1cc(NC(O)c2csc([C@@H]3C[C@H]3NCC3CCOCC3)c2)cn1. The first-order chi connectivity index (χ1) is 12.7. The molecule has 3 N–H and O–H groups in total. The van der Waals surface area contributed by atoms with Gasteiger partial charge in [-0.2, -0.15) is 5.10 Å². The van der Waals surface area contributed by atoms with E-state index < -0.39 is 6.23 Å². The summed E-state index contributed by atoms with van der Waals surface area (Å²) in [5.41, 5.74) is 1.78. The molecule has 0 spiro atoms. The highest BCUT2D eigenvalue weighted by Gasteiger charge is 2.39.